The first-order valence-corrected chi connectivity index (χ1v) is 16.8. The minimum absolute atomic E-state index is 0.0208. The second kappa shape index (κ2) is 13.9. The van der Waals surface area contributed by atoms with Crippen LogP contribution in [-0.2, 0) is 38.0 Å². The summed E-state index contributed by atoms with van der Waals surface area (Å²) in [6.07, 6.45) is -1.66. The smallest absolute Gasteiger partial charge is 0.345 e. The largest absolute Gasteiger partial charge is 0.435 e. The number of halogens is 6. The molecule has 4 aromatic rings. The summed E-state index contributed by atoms with van der Waals surface area (Å²) in [5, 5.41) is 7.72. The minimum atomic E-state index is -4.45. The fourth-order valence-electron chi connectivity index (χ4n) is 6.93. The average molecular weight is 701 g/mol. The summed E-state index contributed by atoms with van der Waals surface area (Å²) < 4.78 is 82.5. The van der Waals surface area contributed by atoms with Gasteiger partial charge in [-0.1, -0.05) is 0 Å². The highest BCUT2D eigenvalue weighted by atomic mass is 19.4. The van der Waals surface area contributed by atoms with Crippen molar-refractivity contribution >= 4 is 11.8 Å². The Morgan fingerprint density at radius 3 is 1.40 bits per heavy atom. The first-order valence-electron chi connectivity index (χ1n) is 16.8. The third kappa shape index (κ3) is 7.15. The molecular formula is C36H38F6N6O2. The molecule has 50 heavy (non-hydrogen) atoms. The van der Waals surface area contributed by atoms with E-state index in [0.29, 0.717) is 70.7 Å². The van der Waals surface area contributed by atoms with Crippen molar-refractivity contribution in [3.05, 3.63) is 93.6 Å². The Kier molecular flexibility index (Phi) is 9.82. The normalized spacial score (nSPS) is 16.0. The molecule has 2 amide bonds. The number of likely N-dealkylation sites (tertiary alicyclic amines) is 1. The molecule has 2 aromatic carbocycles. The molecule has 266 valence electrons. The van der Waals surface area contributed by atoms with Crippen LogP contribution in [0.5, 0.6) is 0 Å². The summed E-state index contributed by atoms with van der Waals surface area (Å²) in [5.74, 6) is -0.174. The van der Waals surface area contributed by atoms with Crippen molar-refractivity contribution in [1.82, 2.24) is 29.4 Å². The predicted molar refractivity (Wildman–Crippen MR) is 174 cm³/mol. The SMILES string of the molecule is CN(C)C(=O)c1ccc(-n2nc(C(F)(F)F)c3c2CCCC3)cc1.O=C(c1ccc(-n2nc(C(F)(F)F)c3c2CCCC3)cc1)N1CCCC1. The summed E-state index contributed by atoms with van der Waals surface area (Å²) in [6, 6.07) is 13.2. The Bertz CT molecular complexity index is 1850. The highest BCUT2D eigenvalue weighted by Crippen LogP contribution is 2.38. The summed E-state index contributed by atoms with van der Waals surface area (Å²) in [5.41, 5.74) is 2.49. The van der Waals surface area contributed by atoms with E-state index in [1.807, 2.05) is 4.90 Å². The molecule has 8 nitrogen and oxygen atoms in total. The van der Waals surface area contributed by atoms with E-state index in [9.17, 15) is 35.9 Å². The zero-order valence-electron chi connectivity index (χ0n) is 27.9. The van der Waals surface area contributed by atoms with Gasteiger partial charge in [0.25, 0.3) is 11.8 Å². The van der Waals surface area contributed by atoms with Crippen molar-refractivity contribution in [2.24, 2.45) is 0 Å². The van der Waals surface area contributed by atoms with Crippen molar-refractivity contribution in [3.8, 4) is 11.4 Å². The molecule has 0 spiro atoms. The van der Waals surface area contributed by atoms with Gasteiger partial charge in [-0.25, -0.2) is 9.36 Å². The molecule has 14 heteroatoms. The van der Waals surface area contributed by atoms with Crippen LogP contribution >= 0.6 is 0 Å². The quantitative estimate of drug-likeness (QED) is 0.207. The standard InChI is InChI=1S/C19H20F3N3O.C17H18F3N3O/c20-19(21,22)17-15-5-1-2-6-16(15)25(23-17)14-9-7-13(8-10-14)18(26)24-11-3-4-12-24;1-22(2)16(24)11-7-9-12(10-8-11)23-14-6-4-3-5-13(14)15(21-23)17(18,19)20/h7-10H,1-6,11-12H2;7-10H,3-6H2,1-2H3. The topological polar surface area (TPSA) is 76.3 Å². The number of rotatable bonds is 4. The lowest BCUT2D eigenvalue weighted by atomic mass is 9.95. The van der Waals surface area contributed by atoms with Crippen LogP contribution in [0.4, 0.5) is 26.3 Å². The van der Waals surface area contributed by atoms with E-state index in [0.717, 1.165) is 51.6 Å². The Morgan fingerprint density at radius 2 is 1.00 bits per heavy atom. The summed E-state index contributed by atoms with van der Waals surface area (Å²) in [7, 11) is 3.30. The molecular weight excluding hydrogens is 662 g/mol. The average Bonchev–Trinajstić information content (AvgIpc) is 3.86. The van der Waals surface area contributed by atoms with E-state index in [-0.39, 0.29) is 11.8 Å². The first kappa shape index (κ1) is 35.2. The summed E-state index contributed by atoms with van der Waals surface area (Å²) in [4.78, 5) is 27.6. The molecule has 0 saturated carbocycles. The number of hydrogen-bond acceptors (Lipinski definition) is 4. The summed E-state index contributed by atoms with van der Waals surface area (Å²) in [6.45, 7) is 1.53. The third-order valence-electron chi connectivity index (χ3n) is 9.41. The molecule has 7 rings (SSSR count). The van der Waals surface area contributed by atoms with E-state index in [4.69, 9.17) is 0 Å². The molecule has 0 radical (unpaired) electrons. The van der Waals surface area contributed by atoms with Gasteiger partial charge in [0.15, 0.2) is 11.4 Å². The zero-order chi connectivity index (χ0) is 35.8. The number of fused-ring (bicyclic) bond motifs is 2. The second-order valence-corrected chi connectivity index (χ2v) is 13.1. The van der Waals surface area contributed by atoms with Gasteiger partial charge in [0.05, 0.1) is 11.4 Å². The van der Waals surface area contributed by atoms with Crippen LogP contribution in [0, 0.1) is 0 Å². The molecule has 2 aliphatic carbocycles. The van der Waals surface area contributed by atoms with Crippen molar-refractivity contribution in [1.29, 1.82) is 0 Å². The molecule has 3 heterocycles. The first-order chi connectivity index (χ1) is 23.7. The second-order valence-electron chi connectivity index (χ2n) is 13.1. The predicted octanol–water partition coefficient (Wildman–Crippen LogP) is 7.48. The molecule has 1 aliphatic heterocycles. The lowest BCUT2D eigenvalue weighted by Gasteiger charge is -2.16. The zero-order valence-corrected chi connectivity index (χ0v) is 27.9. The number of aromatic nitrogens is 4. The van der Waals surface area contributed by atoms with Gasteiger partial charge in [-0.15, -0.1) is 0 Å². The van der Waals surface area contributed by atoms with Gasteiger partial charge in [-0.05, 0) is 113 Å². The summed E-state index contributed by atoms with van der Waals surface area (Å²) >= 11 is 0. The monoisotopic (exact) mass is 700 g/mol. The van der Waals surface area contributed by atoms with Crippen molar-refractivity contribution < 1.29 is 35.9 Å². The molecule has 0 N–H and O–H groups in total. The van der Waals surface area contributed by atoms with E-state index >= 15 is 0 Å². The third-order valence-corrected chi connectivity index (χ3v) is 9.41. The molecule has 0 atom stereocenters. The Morgan fingerprint density at radius 1 is 0.600 bits per heavy atom. The Hall–Kier alpha value is -4.62. The molecule has 1 fully saturated rings. The maximum Gasteiger partial charge on any atom is 0.435 e. The van der Waals surface area contributed by atoms with Gasteiger partial charge in [0.2, 0.25) is 0 Å². The van der Waals surface area contributed by atoms with E-state index in [1.54, 1.807) is 62.6 Å². The molecule has 0 bridgehead atoms. The van der Waals surface area contributed by atoms with Crippen LogP contribution in [0.3, 0.4) is 0 Å². The molecule has 0 unspecified atom stereocenters. The van der Waals surface area contributed by atoms with Gasteiger partial charge in [-0.2, -0.15) is 36.5 Å². The van der Waals surface area contributed by atoms with Crippen LogP contribution in [0.25, 0.3) is 11.4 Å². The Balaban J connectivity index is 0.000000174. The van der Waals surface area contributed by atoms with Crippen LogP contribution in [0.1, 0.15) is 93.1 Å². The number of carbonyl (C=O) groups excluding carboxylic acids is 2. The highest BCUT2D eigenvalue weighted by molar-refractivity contribution is 5.94. The number of carbonyl (C=O) groups is 2. The van der Waals surface area contributed by atoms with Gasteiger partial charge in [0.1, 0.15) is 0 Å². The lowest BCUT2D eigenvalue weighted by Crippen LogP contribution is -2.27. The number of hydrogen-bond donors (Lipinski definition) is 0. The number of amides is 2. The van der Waals surface area contributed by atoms with Crippen molar-refractivity contribution in [3.63, 3.8) is 0 Å². The van der Waals surface area contributed by atoms with E-state index in [1.165, 1.54) is 14.3 Å². The van der Waals surface area contributed by atoms with Gasteiger partial charge >= 0.3 is 12.4 Å². The maximum absolute atomic E-state index is 13.3. The van der Waals surface area contributed by atoms with Crippen LogP contribution < -0.4 is 0 Å². The number of benzene rings is 2. The van der Waals surface area contributed by atoms with Gasteiger partial charge in [0, 0.05) is 60.8 Å². The number of nitrogens with zero attached hydrogens (tertiary/aromatic N) is 6. The molecule has 3 aliphatic rings. The van der Waals surface area contributed by atoms with Crippen molar-refractivity contribution in [2.45, 2.75) is 76.6 Å². The molecule has 1 saturated heterocycles. The van der Waals surface area contributed by atoms with Gasteiger partial charge in [-0.3, -0.25) is 9.59 Å². The van der Waals surface area contributed by atoms with Crippen LogP contribution in [0.2, 0.25) is 0 Å². The van der Waals surface area contributed by atoms with Gasteiger partial charge < -0.3 is 9.80 Å². The fourth-order valence-corrected chi connectivity index (χ4v) is 6.93. The van der Waals surface area contributed by atoms with E-state index in [2.05, 4.69) is 10.2 Å². The lowest BCUT2D eigenvalue weighted by molar-refractivity contribution is -0.142. The molecule has 2 aromatic heterocycles. The fraction of sp³-hybridized carbons (Fsp3) is 0.444. The van der Waals surface area contributed by atoms with Crippen LogP contribution in [-0.4, -0.2) is 68.4 Å². The van der Waals surface area contributed by atoms with Crippen LogP contribution in [0.15, 0.2) is 48.5 Å². The minimum Gasteiger partial charge on any atom is -0.345 e. The highest BCUT2D eigenvalue weighted by Gasteiger charge is 2.41. The number of alkyl halides is 6. The Labute approximate surface area is 285 Å². The van der Waals surface area contributed by atoms with Crippen molar-refractivity contribution in [2.75, 3.05) is 27.2 Å². The van der Waals surface area contributed by atoms with E-state index < -0.39 is 23.7 Å². The maximum atomic E-state index is 13.3.